The first-order valence-electron chi connectivity index (χ1n) is 8.83. The van der Waals surface area contributed by atoms with Gasteiger partial charge in [-0.15, -0.1) is 0 Å². The molecule has 27 heavy (non-hydrogen) atoms. The molecule has 2 aromatic carbocycles. The zero-order chi connectivity index (χ0) is 19.6. The molecular formula is C23H27O4+. The van der Waals surface area contributed by atoms with Gasteiger partial charge in [-0.1, -0.05) is 18.2 Å². The SMILES string of the molecule is CC[O+]=C(C=Cc1ccc(C)c(OC)c1)C=Cc1ccc(OC)c(OC)c1. The first kappa shape index (κ1) is 20.3. The molecule has 4 heteroatoms. The summed E-state index contributed by atoms with van der Waals surface area (Å²) in [5.41, 5.74) is 3.15. The summed E-state index contributed by atoms with van der Waals surface area (Å²) in [5, 5.41) is 0. The van der Waals surface area contributed by atoms with Gasteiger partial charge in [0.15, 0.2) is 11.5 Å². The molecule has 2 aromatic rings. The summed E-state index contributed by atoms with van der Waals surface area (Å²) in [7, 11) is 4.93. The van der Waals surface area contributed by atoms with Crippen LogP contribution in [0.15, 0.2) is 48.6 Å². The molecule has 0 N–H and O–H groups in total. The van der Waals surface area contributed by atoms with E-state index in [-0.39, 0.29) is 0 Å². The molecular weight excluding hydrogens is 340 g/mol. The summed E-state index contributed by atoms with van der Waals surface area (Å²) in [6, 6.07) is 11.9. The van der Waals surface area contributed by atoms with Crippen molar-refractivity contribution < 1.29 is 18.6 Å². The number of ether oxygens (including phenoxy) is 3. The standard InChI is InChI=1S/C23H27O4/c1-6-27-20(12-9-18-8-7-17(2)22(15-18)25-4)13-10-19-11-14-21(24-3)23(16-19)26-5/h7-16H,6H2,1-5H3/q+1. The fourth-order valence-electron chi connectivity index (χ4n) is 2.57. The van der Waals surface area contributed by atoms with Gasteiger partial charge >= 0.3 is 5.78 Å². The third-order valence-corrected chi connectivity index (χ3v) is 4.03. The Bertz CT molecular complexity index is 847. The van der Waals surface area contributed by atoms with E-state index in [1.54, 1.807) is 21.3 Å². The van der Waals surface area contributed by atoms with Crippen molar-refractivity contribution in [2.45, 2.75) is 13.8 Å². The summed E-state index contributed by atoms with van der Waals surface area (Å²) in [4.78, 5) is 0. The molecule has 2 rings (SSSR count). The van der Waals surface area contributed by atoms with Crippen molar-refractivity contribution in [3.63, 3.8) is 0 Å². The number of hydrogen-bond donors (Lipinski definition) is 0. The number of carbonyl (C=O) groups excluding carboxylic acids is 1. The average Bonchev–Trinajstić information content (AvgIpc) is 2.70. The number of allylic oxidation sites excluding steroid dienone is 2. The Morgan fingerprint density at radius 2 is 1.37 bits per heavy atom. The van der Waals surface area contributed by atoms with E-state index in [1.165, 1.54) is 0 Å². The van der Waals surface area contributed by atoms with Crippen LogP contribution in [-0.4, -0.2) is 33.7 Å². The van der Waals surface area contributed by atoms with Crippen LogP contribution in [0.3, 0.4) is 0 Å². The zero-order valence-electron chi connectivity index (χ0n) is 16.6. The summed E-state index contributed by atoms with van der Waals surface area (Å²) in [6.07, 6.45) is 7.87. The fraction of sp³-hybridized carbons (Fsp3) is 0.261. The van der Waals surface area contributed by atoms with E-state index >= 15 is 0 Å². The maximum atomic E-state index is 5.72. The minimum Gasteiger partial charge on any atom is -0.496 e. The molecule has 0 saturated heterocycles. The lowest BCUT2D eigenvalue weighted by molar-refractivity contribution is -0.450. The Morgan fingerprint density at radius 1 is 0.815 bits per heavy atom. The second-order valence-electron chi connectivity index (χ2n) is 5.85. The third kappa shape index (κ3) is 5.74. The Hall–Kier alpha value is -3.01. The zero-order valence-corrected chi connectivity index (χ0v) is 16.6. The second kappa shape index (κ2) is 10.2. The number of methoxy groups -OCH3 is 3. The molecule has 0 fully saturated rings. The Morgan fingerprint density at radius 3 is 1.93 bits per heavy atom. The number of ketones is 1. The summed E-state index contributed by atoms with van der Waals surface area (Å²) >= 11 is 0. The third-order valence-electron chi connectivity index (χ3n) is 4.03. The van der Waals surface area contributed by atoms with Crippen LogP contribution >= 0.6 is 0 Å². The van der Waals surface area contributed by atoms with Crippen LogP contribution in [0.25, 0.3) is 12.2 Å². The van der Waals surface area contributed by atoms with Gasteiger partial charge in [-0.25, -0.2) is 0 Å². The lowest BCUT2D eigenvalue weighted by Gasteiger charge is -2.07. The highest BCUT2D eigenvalue weighted by molar-refractivity contribution is 6.04. The average molecular weight is 367 g/mol. The molecule has 0 aliphatic carbocycles. The van der Waals surface area contributed by atoms with Crippen molar-refractivity contribution in [3.8, 4) is 17.2 Å². The topological polar surface area (TPSA) is 39.0 Å². The molecule has 142 valence electrons. The first-order chi connectivity index (χ1) is 13.1. The van der Waals surface area contributed by atoms with Crippen LogP contribution in [0.1, 0.15) is 23.6 Å². The van der Waals surface area contributed by atoms with E-state index in [0.29, 0.717) is 18.1 Å². The molecule has 0 bridgehead atoms. The fourth-order valence-corrected chi connectivity index (χ4v) is 2.57. The highest BCUT2D eigenvalue weighted by atomic mass is 16.5. The van der Waals surface area contributed by atoms with Crippen LogP contribution < -0.4 is 14.2 Å². The van der Waals surface area contributed by atoms with Crippen LogP contribution in [0, 0.1) is 6.92 Å². The highest BCUT2D eigenvalue weighted by Gasteiger charge is 2.06. The summed E-state index contributed by atoms with van der Waals surface area (Å²) in [6.45, 7) is 4.58. The predicted octanol–water partition coefficient (Wildman–Crippen LogP) is 4.87. The van der Waals surface area contributed by atoms with Gasteiger partial charge in [-0.05, 0) is 54.0 Å². The lowest BCUT2D eigenvalue weighted by Crippen LogP contribution is -1.95. The first-order valence-corrected chi connectivity index (χ1v) is 8.83. The van der Waals surface area contributed by atoms with Gasteiger partial charge in [0, 0.05) is 19.1 Å². The predicted molar refractivity (Wildman–Crippen MR) is 111 cm³/mol. The van der Waals surface area contributed by atoms with Gasteiger partial charge in [0.25, 0.3) is 6.61 Å². The smallest absolute Gasteiger partial charge is 0.343 e. The molecule has 4 nitrogen and oxygen atoms in total. The molecule has 0 radical (unpaired) electrons. The van der Waals surface area contributed by atoms with Crippen LogP contribution in [0.5, 0.6) is 17.2 Å². The highest BCUT2D eigenvalue weighted by Crippen LogP contribution is 2.28. The van der Waals surface area contributed by atoms with Crippen LogP contribution in [0.4, 0.5) is 0 Å². The van der Waals surface area contributed by atoms with Crippen molar-refractivity contribution in [2.75, 3.05) is 27.9 Å². The molecule has 0 amide bonds. The molecule has 0 saturated carbocycles. The van der Waals surface area contributed by atoms with Gasteiger partial charge < -0.3 is 14.2 Å². The Balaban J connectivity index is 2.20. The molecule has 0 aromatic heterocycles. The molecule has 0 unspecified atom stereocenters. The molecule has 0 heterocycles. The maximum Gasteiger partial charge on any atom is 0.343 e. The summed E-state index contributed by atoms with van der Waals surface area (Å²) in [5.74, 6) is 3.04. The minimum atomic E-state index is 0.590. The van der Waals surface area contributed by atoms with Crippen LogP contribution in [0.2, 0.25) is 0 Å². The Kier molecular flexibility index (Phi) is 7.68. The van der Waals surface area contributed by atoms with E-state index in [9.17, 15) is 0 Å². The Labute approximate surface area is 161 Å². The second-order valence-corrected chi connectivity index (χ2v) is 5.85. The van der Waals surface area contributed by atoms with E-state index in [0.717, 1.165) is 28.2 Å². The quantitative estimate of drug-likeness (QED) is 0.493. The number of benzene rings is 2. The lowest BCUT2D eigenvalue weighted by atomic mass is 10.1. The molecule has 0 spiro atoms. The maximum absolute atomic E-state index is 5.72. The number of rotatable bonds is 8. The normalized spacial score (nSPS) is 12.0. The monoisotopic (exact) mass is 367 g/mol. The largest absolute Gasteiger partial charge is 0.496 e. The van der Waals surface area contributed by atoms with Crippen molar-refractivity contribution in [1.29, 1.82) is 0 Å². The van der Waals surface area contributed by atoms with E-state index in [1.807, 2.05) is 68.5 Å². The van der Waals surface area contributed by atoms with Gasteiger partial charge in [-0.2, -0.15) is 0 Å². The summed E-state index contributed by atoms with van der Waals surface area (Å²) < 4.78 is 21.7. The van der Waals surface area contributed by atoms with Gasteiger partial charge in [0.05, 0.1) is 21.3 Å². The van der Waals surface area contributed by atoms with Gasteiger partial charge in [0.1, 0.15) is 5.75 Å². The van der Waals surface area contributed by atoms with Crippen molar-refractivity contribution >= 4 is 17.9 Å². The molecule has 0 aliphatic heterocycles. The van der Waals surface area contributed by atoms with Crippen LogP contribution in [-0.2, 0) is 4.42 Å². The van der Waals surface area contributed by atoms with Crippen molar-refractivity contribution in [3.05, 3.63) is 65.2 Å². The van der Waals surface area contributed by atoms with E-state index in [4.69, 9.17) is 18.6 Å². The van der Waals surface area contributed by atoms with Crippen molar-refractivity contribution in [1.82, 2.24) is 0 Å². The van der Waals surface area contributed by atoms with Crippen molar-refractivity contribution in [2.24, 2.45) is 0 Å². The van der Waals surface area contributed by atoms with Gasteiger partial charge in [0.2, 0.25) is 0 Å². The minimum absolute atomic E-state index is 0.590. The molecule has 0 aliphatic rings. The number of hydrogen-bond acceptors (Lipinski definition) is 3. The molecule has 0 atom stereocenters. The van der Waals surface area contributed by atoms with E-state index in [2.05, 4.69) is 6.07 Å². The van der Waals surface area contributed by atoms with Gasteiger partial charge in [-0.3, -0.25) is 4.42 Å². The van der Waals surface area contributed by atoms with E-state index < -0.39 is 0 Å². The number of aryl methyl sites for hydroxylation is 1.